The summed E-state index contributed by atoms with van der Waals surface area (Å²) < 4.78 is 34.3. The molecule has 0 radical (unpaired) electrons. The van der Waals surface area contributed by atoms with E-state index in [0.717, 1.165) is 80.9 Å². The molecular weight excluding hydrogens is 500 g/mol. The molecule has 0 spiro atoms. The van der Waals surface area contributed by atoms with Gasteiger partial charge in [-0.1, -0.05) is 0 Å². The third kappa shape index (κ3) is 5.84. The number of fused-ring (bicyclic) bond motifs is 3. The van der Waals surface area contributed by atoms with Crippen molar-refractivity contribution in [2.45, 2.75) is 75.9 Å². The molecule has 198 valence electrons. The maximum atomic E-state index is 12.5. The number of hydrogen-bond acceptors (Lipinski definition) is 9. The second-order valence-electron chi connectivity index (χ2n) is 10.4. The van der Waals surface area contributed by atoms with Crippen molar-refractivity contribution in [3.8, 4) is 5.88 Å². The Balaban J connectivity index is 1.21. The van der Waals surface area contributed by atoms with Crippen molar-refractivity contribution in [1.82, 2.24) is 19.8 Å². The number of thiophene rings is 1. The molecule has 1 saturated carbocycles. The summed E-state index contributed by atoms with van der Waals surface area (Å²) in [6.07, 6.45) is 11.4. The number of aromatic nitrogens is 2. The number of amides is 1. The van der Waals surface area contributed by atoms with Crippen molar-refractivity contribution in [1.29, 1.82) is 0 Å². The van der Waals surface area contributed by atoms with Gasteiger partial charge in [-0.15, -0.1) is 11.3 Å². The fourth-order valence-corrected chi connectivity index (χ4v) is 7.56. The zero-order valence-corrected chi connectivity index (χ0v) is 22.8. The van der Waals surface area contributed by atoms with Gasteiger partial charge in [0.05, 0.1) is 24.8 Å². The van der Waals surface area contributed by atoms with Gasteiger partial charge in [-0.05, 0) is 76.3 Å². The van der Waals surface area contributed by atoms with Crippen molar-refractivity contribution < 1.29 is 22.1 Å². The van der Waals surface area contributed by atoms with Crippen LogP contribution in [-0.2, 0) is 25.5 Å². The fraction of sp³-hybridized carbons (Fsp3) is 0.720. The molecule has 1 atom stereocenters. The smallest absolute Gasteiger partial charge is 0.264 e. The third-order valence-electron chi connectivity index (χ3n) is 7.85. The van der Waals surface area contributed by atoms with E-state index in [4.69, 9.17) is 8.92 Å². The Labute approximate surface area is 217 Å². The van der Waals surface area contributed by atoms with Crippen LogP contribution in [0, 0.1) is 0 Å². The van der Waals surface area contributed by atoms with E-state index < -0.39 is 10.1 Å². The monoisotopic (exact) mass is 536 g/mol. The summed E-state index contributed by atoms with van der Waals surface area (Å²) in [4.78, 5) is 28.0. The van der Waals surface area contributed by atoms with Gasteiger partial charge in [0.15, 0.2) is 0 Å². The molecule has 36 heavy (non-hydrogen) atoms. The lowest BCUT2D eigenvalue weighted by atomic mass is 9.92. The average molecular weight is 537 g/mol. The standard InChI is InChI=1S/C25H36N4O5S2/c1-28(15-21(30)29-12-3-4-13-29)18-6-8-19(9-7-18)34-24-23-22-17(11-14-33-36(2,31)32)5-10-20(22)35-25(23)27-16-26-24/h16-19H,3-15H2,1-2H3/t17-,18?,19?/m1/s1. The van der Waals surface area contributed by atoms with Crippen LogP contribution in [0.2, 0.25) is 0 Å². The number of hydrogen-bond donors (Lipinski definition) is 0. The Kier molecular flexibility index (Phi) is 7.81. The highest BCUT2D eigenvalue weighted by Crippen LogP contribution is 2.47. The van der Waals surface area contributed by atoms with Crippen LogP contribution < -0.4 is 4.74 Å². The molecule has 9 nitrogen and oxygen atoms in total. The quantitative estimate of drug-likeness (QED) is 0.450. The summed E-state index contributed by atoms with van der Waals surface area (Å²) in [7, 11) is -1.38. The van der Waals surface area contributed by atoms with Crippen molar-refractivity contribution in [3.05, 3.63) is 16.8 Å². The van der Waals surface area contributed by atoms with Gasteiger partial charge in [0.2, 0.25) is 11.8 Å². The summed E-state index contributed by atoms with van der Waals surface area (Å²) in [5.41, 5.74) is 1.22. The third-order valence-corrected chi connectivity index (χ3v) is 9.62. The Morgan fingerprint density at radius 2 is 1.92 bits per heavy atom. The molecule has 2 aliphatic carbocycles. The minimum atomic E-state index is -3.44. The van der Waals surface area contributed by atoms with E-state index in [0.29, 0.717) is 24.9 Å². The van der Waals surface area contributed by atoms with Gasteiger partial charge in [0.25, 0.3) is 10.1 Å². The van der Waals surface area contributed by atoms with Gasteiger partial charge in [-0.3, -0.25) is 13.9 Å². The van der Waals surface area contributed by atoms with Crippen molar-refractivity contribution >= 4 is 37.6 Å². The topological polar surface area (TPSA) is 102 Å². The van der Waals surface area contributed by atoms with Crippen LogP contribution in [0.4, 0.5) is 0 Å². The number of carbonyl (C=O) groups excluding carboxylic acids is 1. The van der Waals surface area contributed by atoms with E-state index in [1.807, 2.05) is 4.90 Å². The van der Waals surface area contributed by atoms with Crippen LogP contribution in [0.3, 0.4) is 0 Å². The van der Waals surface area contributed by atoms with Crippen molar-refractivity contribution in [2.75, 3.05) is 39.5 Å². The lowest BCUT2D eigenvalue weighted by Crippen LogP contribution is -2.44. The SMILES string of the molecule is CN(CC(=O)N1CCCC1)C1CCC(Oc2ncnc3sc4c(c23)[C@@H](CCOS(C)(=O)=O)CC4)CC1. The molecule has 3 heterocycles. The highest BCUT2D eigenvalue weighted by Gasteiger charge is 2.32. The largest absolute Gasteiger partial charge is 0.474 e. The highest BCUT2D eigenvalue weighted by atomic mass is 32.2. The Morgan fingerprint density at radius 1 is 1.17 bits per heavy atom. The molecule has 11 heteroatoms. The van der Waals surface area contributed by atoms with Crippen LogP contribution in [-0.4, -0.2) is 85.8 Å². The second-order valence-corrected chi connectivity index (χ2v) is 13.1. The molecule has 0 aromatic carbocycles. The molecule has 2 fully saturated rings. The first-order valence-corrected chi connectivity index (χ1v) is 15.7. The van der Waals surface area contributed by atoms with Crippen LogP contribution in [0.15, 0.2) is 6.33 Å². The second kappa shape index (κ2) is 10.9. The summed E-state index contributed by atoms with van der Waals surface area (Å²) >= 11 is 1.69. The molecule has 1 saturated heterocycles. The number of likely N-dealkylation sites (N-methyl/N-ethyl adjacent to an activating group) is 1. The minimum Gasteiger partial charge on any atom is -0.474 e. The number of aryl methyl sites for hydroxylation is 1. The Bertz CT molecular complexity index is 1190. The van der Waals surface area contributed by atoms with E-state index in [9.17, 15) is 13.2 Å². The average Bonchev–Trinajstić information content (AvgIpc) is 3.57. The molecule has 0 bridgehead atoms. The first kappa shape index (κ1) is 25.8. The van der Waals surface area contributed by atoms with Crippen LogP contribution in [0.25, 0.3) is 10.2 Å². The minimum absolute atomic E-state index is 0.0889. The van der Waals surface area contributed by atoms with Gasteiger partial charge in [0.1, 0.15) is 17.3 Å². The van der Waals surface area contributed by atoms with Gasteiger partial charge < -0.3 is 9.64 Å². The first-order valence-electron chi connectivity index (χ1n) is 13.0. The summed E-state index contributed by atoms with van der Waals surface area (Å²) in [5, 5.41) is 0.995. The molecule has 5 rings (SSSR count). The molecule has 2 aromatic rings. The van der Waals surface area contributed by atoms with Crippen LogP contribution in [0.1, 0.15) is 67.7 Å². The van der Waals surface area contributed by atoms with Crippen molar-refractivity contribution in [2.24, 2.45) is 0 Å². The molecular formula is C25H36N4O5S2. The molecule has 1 amide bonds. The molecule has 1 aliphatic heterocycles. The van der Waals surface area contributed by atoms with Crippen LogP contribution in [0.5, 0.6) is 5.88 Å². The summed E-state index contributed by atoms with van der Waals surface area (Å²) in [6, 6.07) is 0.395. The lowest BCUT2D eigenvalue weighted by molar-refractivity contribution is -0.131. The van der Waals surface area contributed by atoms with Crippen LogP contribution >= 0.6 is 11.3 Å². The molecule has 0 N–H and O–H groups in total. The number of nitrogens with zero attached hydrogens (tertiary/aromatic N) is 4. The normalized spacial score (nSPS) is 24.5. The first-order chi connectivity index (χ1) is 17.3. The Morgan fingerprint density at radius 3 is 2.64 bits per heavy atom. The summed E-state index contributed by atoms with van der Waals surface area (Å²) in [5.74, 6) is 1.12. The maximum absolute atomic E-state index is 12.5. The van der Waals surface area contributed by atoms with E-state index in [2.05, 4.69) is 21.9 Å². The highest BCUT2D eigenvalue weighted by molar-refractivity contribution is 7.85. The maximum Gasteiger partial charge on any atom is 0.264 e. The van der Waals surface area contributed by atoms with Gasteiger partial charge >= 0.3 is 0 Å². The number of likely N-dealkylation sites (tertiary alicyclic amines) is 1. The zero-order chi connectivity index (χ0) is 25.3. The van der Waals surface area contributed by atoms with Gasteiger partial charge in [0, 0.05) is 24.0 Å². The Hall–Kier alpha value is -1.82. The number of rotatable bonds is 9. The molecule has 2 aromatic heterocycles. The van der Waals surface area contributed by atoms with Crippen molar-refractivity contribution in [3.63, 3.8) is 0 Å². The summed E-state index contributed by atoms with van der Waals surface area (Å²) in [6.45, 7) is 2.48. The number of carbonyl (C=O) groups is 1. The van der Waals surface area contributed by atoms with E-state index >= 15 is 0 Å². The van der Waals surface area contributed by atoms with E-state index in [1.165, 1.54) is 10.4 Å². The predicted molar refractivity (Wildman–Crippen MR) is 139 cm³/mol. The zero-order valence-electron chi connectivity index (χ0n) is 21.1. The van der Waals surface area contributed by atoms with Gasteiger partial charge in [-0.25, -0.2) is 9.97 Å². The fourth-order valence-electron chi connectivity index (χ4n) is 5.93. The predicted octanol–water partition coefficient (Wildman–Crippen LogP) is 3.33. The van der Waals surface area contributed by atoms with E-state index in [-0.39, 0.29) is 24.5 Å². The van der Waals surface area contributed by atoms with Gasteiger partial charge in [-0.2, -0.15) is 8.42 Å². The number of ether oxygens (including phenoxy) is 1. The molecule has 0 unspecified atom stereocenters. The van der Waals surface area contributed by atoms with E-state index in [1.54, 1.807) is 17.7 Å². The lowest BCUT2D eigenvalue weighted by Gasteiger charge is -2.35. The molecule has 3 aliphatic rings.